The summed E-state index contributed by atoms with van der Waals surface area (Å²) in [6.07, 6.45) is 3.89. The molecule has 0 atom stereocenters. The molecule has 3 nitrogen and oxygen atoms in total. The first-order chi connectivity index (χ1) is 25.1. The van der Waals surface area contributed by atoms with Gasteiger partial charge in [0.1, 0.15) is 0 Å². The van der Waals surface area contributed by atoms with Gasteiger partial charge in [0.25, 0.3) is 0 Å². The molecule has 0 saturated heterocycles. The van der Waals surface area contributed by atoms with Gasteiger partial charge in [0, 0.05) is 54.0 Å². The molecule has 6 aromatic rings. The molecule has 6 rings (SSSR count). The first-order valence-electron chi connectivity index (χ1n) is 19.3. The number of imidazole rings is 1. The number of nitrogens with zero attached hydrogens (tertiary/aromatic N) is 3. The van der Waals surface area contributed by atoms with Crippen molar-refractivity contribution in [3.8, 4) is 39.5 Å². The summed E-state index contributed by atoms with van der Waals surface area (Å²) in [7, 11) is 0. The maximum Gasteiger partial charge on any atom is 0.0602 e. The zero-order valence-electron chi connectivity index (χ0n) is 35.6. The van der Waals surface area contributed by atoms with Crippen LogP contribution < -0.4 is 0 Å². The molecular formula is C44H47IrN3-2. The summed E-state index contributed by atoms with van der Waals surface area (Å²) in [6.45, 7) is 10.9. The summed E-state index contributed by atoms with van der Waals surface area (Å²) in [6, 6.07) is 36.2. The molecule has 0 saturated carbocycles. The maximum atomic E-state index is 8.62. The monoisotopic (exact) mass is 817 g/mol. The number of rotatable bonds is 7. The van der Waals surface area contributed by atoms with Gasteiger partial charge in [-0.2, -0.15) is 0 Å². The van der Waals surface area contributed by atoms with Crippen molar-refractivity contribution in [2.75, 3.05) is 0 Å². The van der Waals surface area contributed by atoms with Crippen molar-refractivity contribution in [3.05, 3.63) is 150 Å². The average molecular weight is 817 g/mol. The van der Waals surface area contributed by atoms with Crippen molar-refractivity contribution in [1.29, 1.82) is 0 Å². The quantitative estimate of drug-likeness (QED) is 0.150. The standard InChI is InChI=1S/C22H25N2.C22H22N.Ir/c1-15(2)19-7-6-8-20(16(3)4)21(19)24-14-13-23-22(24)18-11-9-17(5)10-12-18;1-22(2,3)16-17-9-11-18(12-10-17)20-13-14-23-21(15-20)19-7-5-4-6-8-19;/h6-11,13-16H,1-5H3;4-7,9-15H,16H2,1-3H3;/q2*-1;/i5D3,15D,16D;16D2;. The molecule has 0 aliphatic carbocycles. The minimum Gasteiger partial charge on any atom is -0.340 e. The number of aryl methyl sites for hydroxylation is 1. The summed E-state index contributed by atoms with van der Waals surface area (Å²) in [5.41, 5.74) is 7.40. The summed E-state index contributed by atoms with van der Waals surface area (Å²) in [4.78, 5) is 8.90. The van der Waals surface area contributed by atoms with Crippen molar-refractivity contribution in [2.45, 2.75) is 73.5 Å². The van der Waals surface area contributed by atoms with E-state index in [1.807, 2.05) is 132 Å². The number of pyridine rings is 1. The Morgan fingerprint density at radius 1 is 0.792 bits per heavy atom. The summed E-state index contributed by atoms with van der Waals surface area (Å²) >= 11 is 0. The van der Waals surface area contributed by atoms with E-state index in [4.69, 9.17) is 9.60 Å². The van der Waals surface area contributed by atoms with Crippen LogP contribution in [0.5, 0.6) is 0 Å². The first-order valence-corrected chi connectivity index (χ1v) is 15.8. The fourth-order valence-electron chi connectivity index (χ4n) is 5.35. The van der Waals surface area contributed by atoms with E-state index in [1.54, 1.807) is 30.7 Å². The molecule has 1 radical (unpaired) electrons. The molecule has 0 aliphatic rings. The van der Waals surface area contributed by atoms with Gasteiger partial charge < -0.3 is 9.55 Å². The second-order valence-corrected chi connectivity index (χ2v) is 13.0. The Morgan fingerprint density at radius 3 is 2.10 bits per heavy atom. The Morgan fingerprint density at radius 2 is 1.52 bits per heavy atom. The van der Waals surface area contributed by atoms with Crippen molar-refractivity contribution in [1.82, 2.24) is 14.5 Å². The first kappa shape index (κ1) is 27.8. The summed E-state index contributed by atoms with van der Waals surface area (Å²) in [5.74, 6) is -1.18. The second kappa shape index (κ2) is 16.3. The van der Waals surface area contributed by atoms with Crippen LogP contribution in [0, 0.1) is 24.4 Å². The van der Waals surface area contributed by atoms with Crippen LogP contribution in [0.2, 0.25) is 0 Å². The van der Waals surface area contributed by atoms with Crippen molar-refractivity contribution in [3.63, 3.8) is 0 Å². The zero-order valence-corrected chi connectivity index (χ0v) is 31.0. The molecule has 2 heterocycles. The van der Waals surface area contributed by atoms with Crippen LogP contribution in [-0.4, -0.2) is 14.5 Å². The summed E-state index contributed by atoms with van der Waals surface area (Å²) in [5, 5.41) is 0. The summed E-state index contributed by atoms with van der Waals surface area (Å²) < 4.78 is 58.5. The molecule has 48 heavy (non-hydrogen) atoms. The van der Waals surface area contributed by atoms with E-state index in [0.717, 1.165) is 39.2 Å². The van der Waals surface area contributed by atoms with Gasteiger partial charge in [-0.3, -0.25) is 4.98 Å². The van der Waals surface area contributed by atoms with Crippen molar-refractivity contribution < 1.29 is 29.7 Å². The topological polar surface area (TPSA) is 30.7 Å². The Labute approximate surface area is 311 Å². The van der Waals surface area contributed by atoms with Crippen LogP contribution in [0.1, 0.15) is 92.1 Å². The number of hydrogen-bond donors (Lipinski definition) is 0. The van der Waals surface area contributed by atoms with Crippen molar-refractivity contribution in [2.24, 2.45) is 5.41 Å². The molecule has 2 aromatic heterocycles. The van der Waals surface area contributed by atoms with Gasteiger partial charge in [0.15, 0.2) is 0 Å². The molecule has 0 fully saturated rings. The van der Waals surface area contributed by atoms with Gasteiger partial charge in [0.05, 0.1) is 5.82 Å². The largest absolute Gasteiger partial charge is 0.340 e. The van der Waals surface area contributed by atoms with Gasteiger partial charge in [-0.05, 0) is 63.2 Å². The molecule has 0 bridgehead atoms. The number of para-hydroxylation sites is 1. The van der Waals surface area contributed by atoms with E-state index in [2.05, 4.69) is 22.1 Å². The SMILES string of the molecule is [2H]C([2H])([2H])c1c[c-]c(-c2nccn2-c2c(C([2H])(C)C)cccc2C([2H])(C)C)cc1.[2H]C([2H])(c1ccc(-c2ccnc(-c3[c-]cccc3)c2)cc1)C(C)(C)C.[Ir]. The minimum atomic E-state index is -2.19. The van der Waals surface area contributed by atoms with Gasteiger partial charge >= 0.3 is 0 Å². The average Bonchev–Trinajstić information content (AvgIpc) is 3.60. The predicted octanol–water partition coefficient (Wildman–Crippen LogP) is 11.7. The fraction of sp³-hybridized carbons (Fsp3) is 0.273. The van der Waals surface area contributed by atoms with E-state index < -0.39 is 30.4 Å². The van der Waals surface area contributed by atoms with Crippen molar-refractivity contribution >= 4 is 0 Å². The molecule has 0 aliphatic heterocycles. The van der Waals surface area contributed by atoms with Crippen LogP contribution in [0.3, 0.4) is 0 Å². The second-order valence-electron chi connectivity index (χ2n) is 13.0. The normalized spacial score (nSPS) is 14.4. The van der Waals surface area contributed by atoms with Crippen LogP contribution in [0.15, 0.2) is 116 Å². The van der Waals surface area contributed by atoms with E-state index >= 15 is 0 Å². The van der Waals surface area contributed by atoms with Crippen LogP contribution in [0.4, 0.5) is 0 Å². The Kier molecular flexibility index (Phi) is 9.46. The number of hydrogen-bond acceptors (Lipinski definition) is 2. The molecule has 4 heteroatoms. The van der Waals surface area contributed by atoms with E-state index in [1.165, 1.54) is 6.07 Å². The molecule has 0 unspecified atom stereocenters. The van der Waals surface area contributed by atoms with Crippen LogP contribution in [0.25, 0.3) is 39.5 Å². The molecule has 0 amide bonds. The molecule has 249 valence electrons. The number of benzene rings is 4. The van der Waals surface area contributed by atoms with E-state index in [0.29, 0.717) is 17.0 Å². The third-order valence-corrected chi connectivity index (χ3v) is 7.53. The van der Waals surface area contributed by atoms with E-state index in [-0.39, 0.29) is 25.7 Å². The zero-order chi connectivity index (χ0) is 39.7. The molecular weight excluding hydrogens is 763 g/mol. The smallest absolute Gasteiger partial charge is 0.0602 e. The molecule has 4 aromatic carbocycles. The third kappa shape index (κ3) is 9.28. The van der Waals surface area contributed by atoms with E-state index in [9.17, 15) is 0 Å². The van der Waals surface area contributed by atoms with Gasteiger partial charge in [-0.1, -0.05) is 104 Å². The van der Waals surface area contributed by atoms with Crippen LogP contribution >= 0.6 is 0 Å². The fourth-order valence-corrected chi connectivity index (χ4v) is 5.35. The Bertz CT molecular complexity index is 2140. The van der Waals surface area contributed by atoms with Gasteiger partial charge in [-0.15, -0.1) is 71.3 Å². The van der Waals surface area contributed by atoms with Crippen LogP contribution in [-0.2, 0) is 26.5 Å². The van der Waals surface area contributed by atoms with Gasteiger partial charge in [-0.25, -0.2) is 0 Å². The molecule has 0 N–H and O–H groups in total. The third-order valence-electron chi connectivity index (χ3n) is 7.53. The predicted molar refractivity (Wildman–Crippen MR) is 198 cm³/mol. The maximum absolute atomic E-state index is 8.62. The Hall–Kier alpha value is -4.11. The minimum absolute atomic E-state index is 0. The molecule has 0 spiro atoms. The van der Waals surface area contributed by atoms with Gasteiger partial charge in [0.2, 0.25) is 0 Å². The Balaban J connectivity index is 0.000000243. The number of aromatic nitrogens is 3.